The topological polar surface area (TPSA) is 45.8 Å². The van der Waals surface area contributed by atoms with E-state index in [1.807, 2.05) is 13.0 Å². The van der Waals surface area contributed by atoms with Crippen molar-refractivity contribution in [2.24, 2.45) is 11.8 Å². The number of hydrogen-bond acceptors (Lipinski definition) is 2. The fourth-order valence-electron chi connectivity index (χ4n) is 5.24. The first kappa shape index (κ1) is 28.5. The van der Waals surface area contributed by atoms with E-state index in [1.54, 1.807) is 6.07 Å². The van der Waals surface area contributed by atoms with Gasteiger partial charge in [-0.3, -0.25) is 4.79 Å². The maximum Gasteiger partial charge on any atom is 0.264 e. The lowest BCUT2D eigenvalue weighted by Gasteiger charge is -2.49. The van der Waals surface area contributed by atoms with Gasteiger partial charge in [0.15, 0.2) is 0 Å². The average molecular weight is 474 g/mol. The van der Waals surface area contributed by atoms with Crippen LogP contribution in [0.3, 0.4) is 0 Å². The fraction of sp³-hybridized carbons (Fsp3) is 0.846. The Labute approximate surface area is 201 Å². The summed E-state index contributed by atoms with van der Waals surface area (Å²) in [6.45, 7) is 13.4. The third-order valence-electron chi connectivity index (χ3n) is 7.53. The van der Waals surface area contributed by atoms with Crippen LogP contribution in [0.2, 0.25) is 0 Å². The van der Waals surface area contributed by atoms with E-state index in [9.17, 15) is 4.79 Å². The number of aromatic nitrogens is 2. The Morgan fingerprint density at radius 2 is 1.68 bits per heavy atom. The van der Waals surface area contributed by atoms with Crippen molar-refractivity contribution in [1.29, 1.82) is 0 Å². The molecule has 180 valence electrons. The van der Waals surface area contributed by atoms with E-state index < -0.39 is 4.87 Å². The Morgan fingerprint density at radius 3 is 2.13 bits per heavy atom. The minimum absolute atomic E-state index is 0.0874. The second-order valence-electron chi connectivity index (χ2n) is 9.53. The Hall–Kier alpha value is -0.540. The molecule has 1 rings (SSSR count). The number of nitrogens with zero attached hydrogens (tertiary/aromatic N) is 1. The number of aromatic amines is 1. The molecule has 5 heteroatoms. The monoisotopic (exact) mass is 472 g/mol. The predicted octanol–water partition coefficient (Wildman–Crippen LogP) is 8.24. The van der Waals surface area contributed by atoms with Gasteiger partial charge < -0.3 is 0 Å². The summed E-state index contributed by atoms with van der Waals surface area (Å²) in [4.78, 5) is 11.4. The number of hydrogen-bond donors (Lipinski definition) is 1. The Bertz CT molecular complexity index is 653. The summed E-state index contributed by atoms with van der Waals surface area (Å²) in [6, 6.07) is 3.52. The van der Waals surface area contributed by atoms with Crippen LogP contribution in [0.5, 0.6) is 0 Å². The molecule has 1 aromatic heterocycles. The highest BCUT2D eigenvalue weighted by atomic mass is 35.5. The molecule has 0 amide bonds. The molecule has 31 heavy (non-hydrogen) atoms. The second-order valence-corrected chi connectivity index (χ2v) is 11.0. The molecule has 0 saturated carbocycles. The van der Waals surface area contributed by atoms with Crippen LogP contribution in [0.4, 0.5) is 0 Å². The molecule has 0 aromatic carbocycles. The highest BCUT2D eigenvalue weighted by Crippen LogP contribution is 2.53. The standard InChI is InChI=1S/C26H46Cl2N2O/c1-7-12-16-26(28,17-15-20(6)27)25(11-5,23-13-14-24(31)30-29-23)19-22(10-4)18-21(8-2)9-3/h13-14,20-22H,7-12,15-19H2,1-6H3,(H,30,31). The molecule has 0 aliphatic carbocycles. The lowest BCUT2D eigenvalue weighted by Crippen LogP contribution is -2.50. The molecule has 1 heterocycles. The summed E-state index contributed by atoms with van der Waals surface area (Å²) in [5.74, 6) is 1.32. The van der Waals surface area contributed by atoms with Crippen LogP contribution >= 0.6 is 23.2 Å². The largest absolute Gasteiger partial charge is 0.268 e. The van der Waals surface area contributed by atoms with Crippen LogP contribution in [-0.4, -0.2) is 20.4 Å². The van der Waals surface area contributed by atoms with Crippen molar-refractivity contribution in [2.45, 2.75) is 128 Å². The maximum atomic E-state index is 11.8. The van der Waals surface area contributed by atoms with Crippen molar-refractivity contribution in [3.63, 3.8) is 0 Å². The smallest absolute Gasteiger partial charge is 0.264 e. The SMILES string of the molecule is CCCCC(Cl)(CCC(C)Cl)C(CC)(CC(CC)CC(CC)CC)c1ccc(=O)[nH]n1. The molecule has 1 aromatic rings. The number of alkyl halides is 2. The minimum Gasteiger partial charge on any atom is -0.268 e. The van der Waals surface area contributed by atoms with E-state index in [1.165, 1.54) is 19.3 Å². The highest BCUT2D eigenvalue weighted by molar-refractivity contribution is 6.25. The normalized spacial score (nSPS) is 17.8. The third kappa shape index (κ3) is 7.77. The van der Waals surface area contributed by atoms with Crippen LogP contribution < -0.4 is 5.56 Å². The molecule has 4 unspecified atom stereocenters. The number of H-pyrrole nitrogens is 1. The molecule has 0 fully saturated rings. The van der Waals surface area contributed by atoms with E-state index in [0.29, 0.717) is 5.92 Å². The second kappa shape index (κ2) is 13.9. The molecule has 0 spiro atoms. The van der Waals surface area contributed by atoms with Gasteiger partial charge in [0.2, 0.25) is 0 Å². The first-order chi connectivity index (χ1) is 14.7. The number of rotatable bonds is 16. The molecule has 1 N–H and O–H groups in total. The predicted molar refractivity (Wildman–Crippen MR) is 137 cm³/mol. The van der Waals surface area contributed by atoms with Gasteiger partial charge in [-0.15, -0.1) is 23.2 Å². The van der Waals surface area contributed by atoms with Crippen LogP contribution in [0.1, 0.15) is 118 Å². The first-order valence-electron chi connectivity index (χ1n) is 12.6. The van der Waals surface area contributed by atoms with Crippen LogP contribution in [0.25, 0.3) is 0 Å². The molecular formula is C26H46Cl2N2O. The zero-order valence-electron chi connectivity index (χ0n) is 20.8. The van der Waals surface area contributed by atoms with Crippen molar-refractivity contribution in [3.05, 3.63) is 28.2 Å². The van der Waals surface area contributed by atoms with E-state index in [-0.39, 0.29) is 16.4 Å². The van der Waals surface area contributed by atoms with E-state index in [4.69, 9.17) is 23.2 Å². The molecule has 0 radical (unpaired) electrons. The van der Waals surface area contributed by atoms with Gasteiger partial charge in [-0.2, -0.15) is 5.10 Å². The van der Waals surface area contributed by atoms with Crippen LogP contribution in [0, 0.1) is 11.8 Å². The van der Waals surface area contributed by atoms with Crippen LogP contribution in [-0.2, 0) is 5.41 Å². The third-order valence-corrected chi connectivity index (χ3v) is 8.49. The van der Waals surface area contributed by atoms with Gasteiger partial charge in [-0.25, -0.2) is 5.10 Å². The molecule has 0 saturated heterocycles. The van der Waals surface area contributed by atoms with Gasteiger partial charge >= 0.3 is 0 Å². The summed E-state index contributed by atoms with van der Waals surface area (Å²) < 4.78 is 0. The quantitative estimate of drug-likeness (QED) is 0.246. The van der Waals surface area contributed by atoms with Gasteiger partial charge in [0.1, 0.15) is 0 Å². The Balaban J connectivity index is 3.53. The van der Waals surface area contributed by atoms with Crippen molar-refractivity contribution in [1.82, 2.24) is 10.2 Å². The van der Waals surface area contributed by atoms with E-state index >= 15 is 0 Å². The average Bonchev–Trinajstić information content (AvgIpc) is 2.77. The lowest BCUT2D eigenvalue weighted by atomic mass is 9.61. The number of unbranched alkanes of at least 4 members (excludes halogenated alkanes) is 1. The van der Waals surface area contributed by atoms with Gasteiger partial charge in [0.25, 0.3) is 5.56 Å². The summed E-state index contributed by atoms with van der Waals surface area (Å²) >= 11 is 14.1. The summed E-state index contributed by atoms with van der Waals surface area (Å²) in [6.07, 6.45) is 11.5. The van der Waals surface area contributed by atoms with Gasteiger partial charge in [-0.05, 0) is 63.4 Å². The Morgan fingerprint density at radius 1 is 1.03 bits per heavy atom. The van der Waals surface area contributed by atoms with Gasteiger partial charge in [-0.1, -0.05) is 66.7 Å². The minimum atomic E-state index is -0.437. The van der Waals surface area contributed by atoms with Crippen molar-refractivity contribution in [2.75, 3.05) is 0 Å². The van der Waals surface area contributed by atoms with E-state index in [2.05, 4.69) is 44.8 Å². The summed E-state index contributed by atoms with van der Waals surface area (Å²) in [5.41, 5.74) is 0.471. The number of nitrogens with one attached hydrogen (secondary N) is 1. The van der Waals surface area contributed by atoms with Crippen molar-refractivity contribution in [3.8, 4) is 0 Å². The van der Waals surface area contributed by atoms with E-state index in [0.717, 1.165) is 63.0 Å². The number of halogens is 2. The van der Waals surface area contributed by atoms with Crippen LogP contribution in [0.15, 0.2) is 16.9 Å². The van der Waals surface area contributed by atoms with Crippen molar-refractivity contribution >= 4 is 23.2 Å². The maximum absolute atomic E-state index is 11.8. The Kier molecular flexibility index (Phi) is 12.8. The molecule has 4 atom stereocenters. The molecule has 0 aliphatic rings. The molecule has 0 bridgehead atoms. The zero-order valence-corrected chi connectivity index (χ0v) is 22.3. The lowest BCUT2D eigenvalue weighted by molar-refractivity contribution is 0.173. The molecular weight excluding hydrogens is 427 g/mol. The summed E-state index contributed by atoms with van der Waals surface area (Å²) in [5, 5.41) is 7.36. The highest BCUT2D eigenvalue weighted by Gasteiger charge is 2.51. The van der Waals surface area contributed by atoms with Crippen molar-refractivity contribution < 1.29 is 0 Å². The summed E-state index contributed by atoms with van der Waals surface area (Å²) in [7, 11) is 0. The van der Waals surface area contributed by atoms with Gasteiger partial charge in [0, 0.05) is 16.9 Å². The molecule has 3 nitrogen and oxygen atoms in total. The van der Waals surface area contributed by atoms with Gasteiger partial charge in [0.05, 0.1) is 10.6 Å². The zero-order chi connectivity index (χ0) is 23.5. The molecule has 0 aliphatic heterocycles. The first-order valence-corrected chi connectivity index (χ1v) is 13.4. The fourth-order valence-corrected chi connectivity index (χ4v) is 5.90.